The Balaban J connectivity index is 1.47. The Morgan fingerprint density at radius 2 is 2.21 bits per heavy atom. The molecule has 2 fully saturated rings. The number of rotatable bonds is 8. The lowest BCUT2D eigenvalue weighted by molar-refractivity contribution is -0.131. The fourth-order valence-corrected chi connectivity index (χ4v) is 3.37. The van der Waals surface area contributed by atoms with Gasteiger partial charge in [0.2, 0.25) is 11.9 Å². The monoisotopic (exact) mass is 385 g/mol. The highest BCUT2D eigenvalue weighted by molar-refractivity contribution is 5.76. The van der Waals surface area contributed by atoms with Gasteiger partial charge in [0, 0.05) is 38.4 Å². The first kappa shape index (κ1) is 18.9. The number of aromatic nitrogens is 3. The van der Waals surface area contributed by atoms with Gasteiger partial charge in [-0.15, -0.1) is 0 Å². The predicted molar refractivity (Wildman–Crippen MR) is 104 cm³/mol. The van der Waals surface area contributed by atoms with Crippen molar-refractivity contribution in [1.29, 1.82) is 0 Å². The molecule has 1 aliphatic heterocycles. The van der Waals surface area contributed by atoms with Crippen LogP contribution in [-0.4, -0.2) is 51.7 Å². The number of carbonyl (C=O) groups excluding carboxylic acids is 1. The van der Waals surface area contributed by atoms with Crippen molar-refractivity contribution < 1.29 is 14.1 Å². The van der Waals surface area contributed by atoms with Crippen molar-refractivity contribution in [2.75, 3.05) is 19.0 Å². The van der Waals surface area contributed by atoms with E-state index < -0.39 is 0 Å². The second-order valence-electron chi connectivity index (χ2n) is 7.73. The van der Waals surface area contributed by atoms with Crippen LogP contribution in [0.15, 0.2) is 16.8 Å². The van der Waals surface area contributed by atoms with E-state index in [0.717, 1.165) is 55.7 Å². The van der Waals surface area contributed by atoms with Gasteiger partial charge in [0.05, 0.1) is 29.6 Å². The largest absolute Gasteiger partial charge is 0.378 e. The number of hydrogen-bond acceptors (Lipinski definition) is 7. The zero-order valence-electron chi connectivity index (χ0n) is 16.5. The van der Waals surface area contributed by atoms with Crippen LogP contribution < -0.4 is 5.32 Å². The molecular weight excluding hydrogens is 358 g/mol. The minimum Gasteiger partial charge on any atom is -0.378 e. The maximum Gasteiger partial charge on any atom is 0.223 e. The van der Waals surface area contributed by atoms with Crippen LogP contribution in [0.25, 0.3) is 11.3 Å². The third-order valence-corrected chi connectivity index (χ3v) is 5.19. The van der Waals surface area contributed by atoms with Crippen molar-refractivity contribution in [3.8, 4) is 11.3 Å². The summed E-state index contributed by atoms with van der Waals surface area (Å²) in [6.45, 7) is 3.07. The fourth-order valence-electron chi connectivity index (χ4n) is 3.37. The number of aryl methyl sites for hydroxylation is 1. The number of hydrogen-bond donors (Lipinski definition) is 1. The molecule has 0 aromatic carbocycles. The lowest BCUT2D eigenvalue weighted by Gasteiger charge is -2.19. The first-order valence-corrected chi connectivity index (χ1v) is 10.00. The van der Waals surface area contributed by atoms with Crippen LogP contribution >= 0.6 is 0 Å². The first-order valence-electron chi connectivity index (χ1n) is 10.00. The molecule has 150 valence electrons. The van der Waals surface area contributed by atoms with Gasteiger partial charge in [-0.2, -0.15) is 0 Å². The van der Waals surface area contributed by atoms with Gasteiger partial charge in [-0.25, -0.2) is 9.97 Å². The molecular formula is C20H27N5O3. The smallest absolute Gasteiger partial charge is 0.223 e. The van der Waals surface area contributed by atoms with E-state index in [0.29, 0.717) is 30.7 Å². The molecule has 1 saturated heterocycles. The molecule has 0 radical (unpaired) electrons. The Hall–Kier alpha value is -2.48. The molecule has 2 aromatic heterocycles. The SMILES string of the molecule is Cc1cc(-c2cnc(NC3CC3)nc2CN(C)C(=O)CC[C@H]2CCCO2)on1. The summed E-state index contributed by atoms with van der Waals surface area (Å²) in [5.74, 6) is 1.30. The third kappa shape index (κ3) is 4.67. The second-order valence-corrected chi connectivity index (χ2v) is 7.73. The molecule has 2 aliphatic rings. The molecule has 1 atom stereocenters. The number of anilines is 1. The molecule has 1 saturated carbocycles. The summed E-state index contributed by atoms with van der Waals surface area (Å²) < 4.78 is 11.0. The van der Waals surface area contributed by atoms with Crippen molar-refractivity contribution in [2.45, 2.75) is 64.1 Å². The number of nitrogens with one attached hydrogen (secondary N) is 1. The van der Waals surface area contributed by atoms with Gasteiger partial charge < -0.3 is 19.5 Å². The Bertz CT molecular complexity index is 827. The van der Waals surface area contributed by atoms with Crippen LogP contribution in [0.3, 0.4) is 0 Å². The quantitative estimate of drug-likeness (QED) is 0.747. The molecule has 1 aliphatic carbocycles. The topological polar surface area (TPSA) is 93.4 Å². The molecule has 4 rings (SSSR count). The van der Waals surface area contributed by atoms with Gasteiger partial charge in [-0.1, -0.05) is 5.16 Å². The average Bonchev–Trinajstić information content (AvgIpc) is 3.16. The van der Waals surface area contributed by atoms with Gasteiger partial charge in [0.15, 0.2) is 5.76 Å². The van der Waals surface area contributed by atoms with E-state index >= 15 is 0 Å². The van der Waals surface area contributed by atoms with Crippen molar-refractivity contribution in [1.82, 2.24) is 20.0 Å². The van der Waals surface area contributed by atoms with E-state index in [1.165, 1.54) is 0 Å². The van der Waals surface area contributed by atoms with Crippen LogP contribution in [0.2, 0.25) is 0 Å². The second kappa shape index (κ2) is 8.26. The molecule has 8 heteroatoms. The van der Waals surface area contributed by atoms with Crippen molar-refractivity contribution in [2.24, 2.45) is 0 Å². The predicted octanol–water partition coefficient (Wildman–Crippen LogP) is 2.93. The van der Waals surface area contributed by atoms with Gasteiger partial charge in [0.25, 0.3) is 0 Å². The van der Waals surface area contributed by atoms with Gasteiger partial charge in [0.1, 0.15) is 0 Å². The summed E-state index contributed by atoms with van der Waals surface area (Å²) in [6, 6.07) is 2.31. The number of nitrogens with zero attached hydrogens (tertiary/aromatic N) is 4. The Morgan fingerprint density at radius 3 is 2.89 bits per heavy atom. The zero-order chi connectivity index (χ0) is 19.5. The van der Waals surface area contributed by atoms with Crippen molar-refractivity contribution in [3.63, 3.8) is 0 Å². The highest BCUT2D eigenvalue weighted by Crippen LogP contribution is 2.27. The number of amides is 1. The van der Waals surface area contributed by atoms with Crippen LogP contribution in [0.1, 0.15) is 49.9 Å². The summed E-state index contributed by atoms with van der Waals surface area (Å²) in [5, 5.41) is 7.28. The van der Waals surface area contributed by atoms with Crippen LogP contribution in [0.5, 0.6) is 0 Å². The molecule has 0 bridgehead atoms. The van der Waals surface area contributed by atoms with Crippen LogP contribution in [0, 0.1) is 6.92 Å². The van der Waals surface area contributed by atoms with Crippen LogP contribution in [0.4, 0.5) is 5.95 Å². The molecule has 2 aromatic rings. The van der Waals surface area contributed by atoms with Crippen molar-refractivity contribution >= 4 is 11.9 Å². The highest BCUT2D eigenvalue weighted by atomic mass is 16.5. The summed E-state index contributed by atoms with van der Waals surface area (Å²) in [6.07, 6.45) is 7.65. The van der Waals surface area contributed by atoms with E-state index in [1.54, 1.807) is 11.1 Å². The molecule has 3 heterocycles. The normalized spacial score (nSPS) is 19.0. The first-order chi connectivity index (χ1) is 13.6. The van der Waals surface area contributed by atoms with E-state index in [4.69, 9.17) is 9.26 Å². The van der Waals surface area contributed by atoms with Gasteiger partial charge in [-0.05, 0) is 39.0 Å². The van der Waals surface area contributed by atoms with E-state index in [1.807, 2.05) is 20.0 Å². The third-order valence-electron chi connectivity index (χ3n) is 5.19. The Labute approximate surface area is 164 Å². The van der Waals surface area contributed by atoms with E-state index in [9.17, 15) is 4.79 Å². The zero-order valence-corrected chi connectivity index (χ0v) is 16.5. The number of ether oxygens (including phenoxy) is 1. The summed E-state index contributed by atoms with van der Waals surface area (Å²) in [7, 11) is 1.81. The maximum atomic E-state index is 12.6. The van der Waals surface area contributed by atoms with Crippen LogP contribution in [-0.2, 0) is 16.1 Å². The fraction of sp³-hybridized carbons (Fsp3) is 0.600. The highest BCUT2D eigenvalue weighted by Gasteiger charge is 2.24. The van der Waals surface area contributed by atoms with Crippen molar-refractivity contribution in [3.05, 3.63) is 23.7 Å². The molecule has 28 heavy (non-hydrogen) atoms. The minimum atomic E-state index is 0.0884. The Morgan fingerprint density at radius 1 is 1.36 bits per heavy atom. The summed E-state index contributed by atoms with van der Waals surface area (Å²) in [4.78, 5) is 23.4. The van der Waals surface area contributed by atoms with Gasteiger partial charge >= 0.3 is 0 Å². The standard InChI is InChI=1S/C20H27N5O3/c1-13-10-18(28-24-13)16-11-21-20(22-14-5-6-14)23-17(16)12-25(2)19(26)8-7-15-4-3-9-27-15/h10-11,14-15H,3-9,12H2,1-2H3,(H,21,22,23)/t15-/m1/s1. The molecule has 0 unspecified atom stereocenters. The lowest BCUT2D eigenvalue weighted by atomic mass is 10.1. The number of carbonyl (C=O) groups is 1. The molecule has 8 nitrogen and oxygen atoms in total. The summed E-state index contributed by atoms with van der Waals surface area (Å²) in [5.41, 5.74) is 2.31. The molecule has 1 N–H and O–H groups in total. The van der Waals surface area contributed by atoms with Gasteiger partial charge in [-0.3, -0.25) is 4.79 Å². The minimum absolute atomic E-state index is 0.0884. The van der Waals surface area contributed by atoms with E-state index in [2.05, 4.69) is 20.4 Å². The molecule has 0 spiro atoms. The molecule has 1 amide bonds. The Kier molecular flexibility index (Phi) is 5.57. The summed E-state index contributed by atoms with van der Waals surface area (Å²) >= 11 is 0. The maximum absolute atomic E-state index is 12.6. The average molecular weight is 385 g/mol. The lowest BCUT2D eigenvalue weighted by Crippen LogP contribution is -2.28. The van der Waals surface area contributed by atoms with E-state index in [-0.39, 0.29) is 12.0 Å².